The molecule has 3 rings (SSSR count). The zero-order valence-electron chi connectivity index (χ0n) is 13.0. The van der Waals surface area contributed by atoms with E-state index in [0.29, 0.717) is 12.0 Å². The molecular formula is C17H27N3O. The molecule has 2 fully saturated rings. The van der Waals surface area contributed by atoms with E-state index >= 15 is 0 Å². The fraction of sp³-hybridized carbons (Fsp3) is 0.706. The molecule has 4 heteroatoms. The molecule has 0 aliphatic carbocycles. The van der Waals surface area contributed by atoms with Crippen molar-refractivity contribution in [3.05, 3.63) is 24.5 Å². The lowest BCUT2D eigenvalue weighted by Crippen LogP contribution is -2.51. The summed E-state index contributed by atoms with van der Waals surface area (Å²) in [5, 5.41) is 3.19. The number of piperidine rings is 2. The van der Waals surface area contributed by atoms with Gasteiger partial charge in [0.05, 0.1) is 0 Å². The van der Waals surface area contributed by atoms with E-state index in [1.165, 1.54) is 45.2 Å². The maximum Gasteiger partial charge on any atom is 0.242 e. The van der Waals surface area contributed by atoms with Gasteiger partial charge in [-0.05, 0) is 63.7 Å². The minimum absolute atomic E-state index is 0.119. The number of aromatic nitrogens is 1. The largest absolute Gasteiger partial charge is 0.354 e. The monoisotopic (exact) mass is 289 g/mol. The number of nitrogens with one attached hydrogen (secondary N) is 1. The van der Waals surface area contributed by atoms with Crippen molar-refractivity contribution in [1.29, 1.82) is 0 Å². The molecule has 21 heavy (non-hydrogen) atoms. The zero-order valence-corrected chi connectivity index (χ0v) is 13.0. The second kappa shape index (κ2) is 6.65. The smallest absolute Gasteiger partial charge is 0.242 e. The van der Waals surface area contributed by atoms with Crippen LogP contribution in [0.5, 0.6) is 0 Å². The Morgan fingerprint density at radius 2 is 1.95 bits per heavy atom. The number of nitrogens with zero attached hydrogens (tertiary/aromatic N) is 2. The molecule has 1 aromatic rings. The lowest BCUT2D eigenvalue weighted by atomic mass is 9.83. The Bertz CT molecular complexity index is 455. The number of rotatable bonds is 4. The van der Waals surface area contributed by atoms with Gasteiger partial charge in [0.15, 0.2) is 0 Å². The molecule has 0 radical (unpaired) electrons. The van der Waals surface area contributed by atoms with Gasteiger partial charge < -0.3 is 14.8 Å². The van der Waals surface area contributed by atoms with Gasteiger partial charge in [-0.3, -0.25) is 4.79 Å². The molecule has 4 nitrogen and oxygen atoms in total. The number of amides is 1. The van der Waals surface area contributed by atoms with E-state index in [9.17, 15) is 4.79 Å². The Morgan fingerprint density at radius 1 is 1.19 bits per heavy atom. The molecule has 0 aromatic carbocycles. The first kappa shape index (κ1) is 14.6. The van der Waals surface area contributed by atoms with Gasteiger partial charge in [-0.15, -0.1) is 0 Å². The number of carbonyl (C=O) groups excluding carboxylic acids is 1. The van der Waals surface area contributed by atoms with Crippen molar-refractivity contribution in [1.82, 2.24) is 14.8 Å². The van der Waals surface area contributed by atoms with Gasteiger partial charge in [0.2, 0.25) is 5.91 Å². The summed E-state index contributed by atoms with van der Waals surface area (Å²) in [6.45, 7) is 5.32. The van der Waals surface area contributed by atoms with Gasteiger partial charge in [0.25, 0.3) is 0 Å². The van der Waals surface area contributed by atoms with E-state index < -0.39 is 0 Å². The highest BCUT2D eigenvalue weighted by Crippen LogP contribution is 2.30. The molecule has 0 unspecified atom stereocenters. The molecular weight excluding hydrogens is 262 g/mol. The quantitative estimate of drug-likeness (QED) is 0.924. The number of hydrogen-bond acceptors (Lipinski definition) is 2. The van der Waals surface area contributed by atoms with Crippen molar-refractivity contribution in [2.75, 3.05) is 19.6 Å². The molecule has 1 aromatic heterocycles. The highest BCUT2D eigenvalue weighted by molar-refractivity contribution is 5.79. The number of fused-ring (bicyclic) bond motifs is 1. The van der Waals surface area contributed by atoms with Gasteiger partial charge in [0, 0.05) is 25.0 Å². The van der Waals surface area contributed by atoms with Crippen LogP contribution in [0.3, 0.4) is 0 Å². The average Bonchev–Trinajstić information content (AvgIpc) is 3.06. The van der Waals surface area contributed by atoms with Crippen LogP contribution >= 0.6 is 0 Å². The molecule has 1 amide bonds. The van der Waals surface area contributed by atoms with E-state index in [2.05, 4.69) is 10.2 Å². The molecule has 2 aliphatic heterocycles. The van der Waals surface area contributed by atoms with Crippen molar-refractivity contribution in [3.8, 4) is 0 Å². The summed E-state index contributed by atoms with van der Waals surface area (Å²) in [6, 6.07) is 4.51. The van der Waals surface area contributed by atoms with Crippen LogP contribution in [0.2, 0.25) is 0 Å². The molecule has 1 N–H and O–H groups in total. The number of carbonyl (C=O) groups is 1. The van der Waals surface area contributed by atoms with Gasteiger partial charge in [-0.25, -0.2) is 0 Å². The third-order valence-electron chi connectivity index (χ3n) is 5.22. The Morgan fingerprint density at radius 3 is 2.76 bits per heavy atom. The molecule has 2 aliphatic rings. The summed E-state index contributed by atoms with van der Waals surface area (Å²) < 4.78 is 1.96. The van der Waals surface area contributed by atoms with Gasteiger partial charge in [-0.1, -0.05) is 6.42 Å². The zero-order chi connectivity index (χ0) is 14.7. The average molecular weight is 289 g/mol. The molecule has 0 bridgehead atoms. The van der Waals surface area contributed by atoms with Crippen LogP contribution in [-0.4, -0.2) is 41.1 Å². The summed E-state index contributed by atoms with van der Waals surface area (Å²) in [5.41, 5.74) is 0. The first-order valence-electron chi connectivity index (χ1n) is 8.40. The molecule has 3 atom stereocenters. The first-order chi connectivity index (χ1) is 10.3. The minimum atomic E-state index is -0.119. The molecule has 2 saturated heterocycles. The van der Waals surface area contributed by atoms with Crippen molar-refractivity contribution in [2.45, 2.75) is 51.1 Å². The van der Waals surface area contributed by atoms with Gasteiger partial charge in [0.1, 0.15) is 6.04 Å². The highest BCUT2D eigenvalue weighted by atomic mass is 16.2. The normalized spacial score (nSPS) is 27.9. The number of hydrogen-bond donors (Lipinski definition) is 1. The fourth-order valence-corrected chi connectivity index (χ4v) is 3.94. The Labute approximate surface area is 127 Å². The van der Waals surface area contributed by atoms with Crippen LogP contribution in [0.4, 0.5) is 0 Å². The van der Waals surface area contributed by atoms with E-state index in [-0.39, 0.29) is 11.9 Å². The maximum atomic E-state index is 12.3. The molecule has 3 heterocycles. The lowest BCUT2D eigenvalue weighted by Gasteiger charge is -2.44. The molecule has 0 saturated carbocycles. The standard InChI is InChI=1S/C17H27N3O/c1-14(19-9-4-5-10-19)17(21)18-13-15-7-6-12-20-11-3-2-8-16(15)20/h4-5,9-10,14-16H,2-3,6-8,11-13H2,1H3,(H,18,21)/t14-,15+,16-/m1/s1. The Kier molecular flexibility index (Phi) is 4.63. The predicted molar refractivity (Wildman–Crippen MR) is 84.1 cm³/mol. The minimum Gasteiger partial charge on any atom is -0.354 e. The topological polar surface area (TPSA) is 37.3 Å². The molecule has 116 valence electrons. The van der Waals surface area contributed by atoms with Crippen molar-refractivity contribution in [3.63, 3.8) is 0 Å². The maximum absolute atomic E-state index is 12.3. The summed E-state index contributed by atoms with van der Waals surface area (Å²) in [6.07, 6.45) is 10.5. The highest BCUT2D eigenvalue weighted by Gasteiger charge is 2.33. The second-order valence-corrected chi connectivity index (χ2v) is 6.55. The van der Waals surface area contributed by atoms with Crippen LogP contribution in [0.15, 0.2) is 24.5 Å². The van der Waals surface area contributed by atoms with Gasteiger partial charge >= 0.3 is 0 Å². The van der Waals surface area contributed by atoms with E-state index in [1.807, 2.05) is 36.0 Å². The Balaban J connectivity index is 1.53. The summed E-state index contributed by atoms with van der Waals surface area (Å²) in [5.74, 6) is 0.777. The van der Waals surface area contributed by atoms with Crippen molar-refractivity contribution < 1.29 is 4.79 Å². The van der Waals surface area contributed by atoms with Crippen molar-refractivity contribution in [2.24, 2.45) is 5.92 Å². The van der Waals surface area contributed by atoms with E-state index in [1.54, 1.807) is 0 Å². The van der Waals surface area contributed by atoms with Crippen LogP contribution in [-0.2, 0) is 4.79 Å². The van der Waals surface area contributed by atoms with Crippen LogP contribution in [0.25, 0.3) is 0 Å². The second-order valence-electron chi connectivity index (χ2n) is 6.55. The summed E-state index contributed by atoms with van der Waals surface area (Å²) >= 11 is 0. The Hall–Kier alpha value is -1.29. The predicted octanol–water partition coefficient (Wildman–Crippen LogP) is 2.43. The van der Waals surface area contributed by atoms with Crippen LogP contribution in [0, 0.1) is 5.92 Å². The molecule has 0 spiro atoms. The van der Waals surface area contributed by atoms with Crippen LogP contribution < -0.4 is 5.32 Å². The summed E-state index contributed by atoms with van der Waals surface area (Å²) in [4.78, 5) is 15.0. The third-order valence-corrected chi connectivity index (χ3v) is 5.22. The summed E-state index contributed by atoms with van der Waals surface area (Å²) in [7, 11) is 0. The third kappa shape index (κ3) is 3.31. The lowest BCUT2D eigenvalue weighted by molar-refractivity contribution is -0.124. The van der Waals surface area contributed by atoms with Crippen LogP contribution in [0.1, 0.15) is 45.1 Å². The first-order valence-corrected chi connectivity index (χ1v) is 8.40. The SMILES string of the molecule is C[C@H](C(=O)NC[C@@H]1CCCN2CCCC[C@H]12)n1cccc1. The fourth-order valence-electron chi connectivity index (χ4n) is 3.94. The van der Waals surface area contributed by atoms with Crippen molar-refractivity contribution >= 4 is 5.91 Å². The van der Waals surface area contributed by atoms with Gasteiger partial charge in [-0.2, -0.15) is 0 Å². The van der Waals surface area contributed by atoms with E-state index in [4.69, 9.17) is 0 Å². The van der Waals surface area contributed by atoms with E-state index in [0.717, 1.165) is 6.54 Å².